The summed E-state index contributed by atoms with van der Waals surface area (Å²) in [5, 5.41) is 0. The van der Waals surface area contributed by atoms with Crippen LogP contribution >= 0.6 is 15.9 Å². The smallest absolute Gasteiger partial charge is 0.373 e. The van der Waals surface area contributed by atoms with Gasteiger partial charge >= 0.3 is 6.18 Å². The van der Waals surface area contributed by atoms with Crippen molar-refractivity contribution in [2.45, 2.75) is 37.6 Å². The van der Waals surface area contributed by atoms with Crippen LogP contribution in [-0.4, -0.2) is 15.5 Å². The fourth-order valence-corrected chi connectivity index (χ4v) is 3.67. The number of hydrogen-bond acceptors (Lipinski definition) is 2. The zero-order valence-electron chi connectivity index (χ0n) is 13.7. The molecule has 0 atom stereocenters. The highest BCUT2D eigenvalue weighted by atomic mass is 79.9. The number of fused-ring (bicyclic) bond motifs is 1. The lowest BCUT2D eigenvalue weighted by Crippen LogP contribution is -2.29. The van der Waals surface area contributed by atoms with E-state index >= 15 is 0 Å². The van der Waals surface area contributed by atoms with Gasteiger partial charge in [0.2, 0.25) is 0 Å². The first kappa shape index (κ1) is 17.5. The number of halogens is 4. The fraction of sp³-hybridized carbons (Fsp3) is 0.316. The number of imidazole rings is 1. The molecule has 3 nitrogen and oxygen atoms in total. The van der Waals surface area contributed by atoms with Crippen molar-refractivity contribution in [2.24, 2.45) is 0 Å². The molecule has 1 saturated carbocycles. The molecule has 0 spiro atoms. The number of rotatable bonds is 4. The number of nitrogens with zero attached hydrogens (tertiary/aromatic N) is 2. The molecule has 1 aromatic carbocycles. The average molecular weight is 425 g/mol. The van der Waals surface area contributed by atoms with E-state index in [0.29, 0.717) is 16.8 Å². The number of hydrogen-bond donors (Lipinski definition) is 0. The summed E-state index contributed by atoms with van der Waals surface area (Å²) in [7, 11) is 0. The van der Waals surface area contributed by atoms with Crippen molar-refractivity contribution < 1.29 is 17.9 Å². The molecule has 3 aromatic rings. The minimum absolute atomic E-state index is 0.0515. The number of benzene rings is 1. The van der Waals surface area contributed by atoms with Crippen LogP contribution in [0.5, 0.6) is 0 Å². The predicted octanol–water partition coefficient (Wildman–Crippen LogP) is 5.58. The Morgan fingerprint density at radius 1 is 1.15 bits per heavy atom. The lowest BCUT2D eigenvalue weighted by atomic mass is 9.80. The van der Waals surface area contributed by atoms with Crippen LogP contribution in [0.3, 0.4) is 0 Å². The summed E-state index contributed by atoms with van der Waals surface area (Å²) >= 11 is 3.14. The first-order chi connectivity index (χ1) is 12.4. The Morgan fingerprint density at radius 2 is 1.88 bits per heavy atom. The topological polar surface area (TPSA) is 26.5 Å². The molecule has 136 valence electrons. The van der Waals surface area contributed by atoms with Crippen molar-refractivity contribution in [3.63, 3.8) is 0 Å². The maximum atomic E-state index is 13.2. The second-order valence-corrected chi connectivity index (χ2v) is 7.47. The zero-order valence-corrected chi connectivity index (χ0v) is 15.3. The number of pyridine rings is 1. The van der Waals surface area contributed by atoms with E-state index in [0.717, 1.165) is 24.5 Å². The van der Waals surface area contributed by atoms with E-state index in [1.807, 2.05) is 30.3 Å². The van der Waals surface area contributed by atoms with E-state index in [1.54, 1.807) is 12.4 Å². The summed E-state index contributed by atoms with van der Waals surface area (Å²) in [6.45, 7) is 0.550. The van der Waals surface area contributed by atoms with Gasteiger partial charge in [0.25, 0.3) is 0 Å². The maximum Gasteiger partial charge on any atom is 0.420 e. The van der Waals surface area contributed by atoms with Gasteiger partial charge in [0.1, 0.15) is 5.65 Å². The van der Waals surface area contributed by atoms with Crippen molar-refractivity contribution in [1.29, 1.82) is 0 Å². The highest BCUT2D eigenvalue weighted by Crippen LogP contribution is 2.40. The molecule has 1 fully saturated rings. The summed E-state index contributed by atoms with van der Waals surface area (Å²) in [5.41, 5.74) is 1.02. The van der Waals surface area contributed by atoms with Crippen LogP contribution < -0.4 is 0 Å². The Bertz CT molecular complexity index is 918. The van der Waals surface area contributed by atoms with E-state index in [-0.39, 0.29) is 17.7 Å². The Labute approximate surface area is 156 Å². The van der Waals surface area contributed by atoms with Gasteiger partial charge in [0, 0.05) is 22.8 Å². The van der Waals surface area contributed by atoms with Crippen LogP contribution in [0.25, 0.3) is 5.65 Å². The van der Waals surface area contributed by atoms with E-state index in [1.165, 1.54) is 4.40 Å². The predicted molar refractivity (Wildman–Crippen MR) is 94.9 cm³/mol. The van der Waals surface area contributed by atoms with Crippen LogP contribution in [0.1, 0.15) is 35.6 Å². The molecule has 0 unspecified atom stereocenters. The van der Waals surface area contributed by atoms with Crippen LogP contribution in [0.15, 0.2) is 53.3 Å². The van der Waals surface area contributed by atoms with Gasteiger partial charge in [-0.2, -0.15) is 13.2 Å². The standard InChI is InChI=1S/C19H16BrF3N2O/c20-14-8-16(19(21,22)23)18-24-17(10-25(18)9-14)13-6-15(7-13)26-11-12-4-2-1-3-5-12/h1-5,8-10,13,15H,6-7,11H2. The SMILES string of the molecule is FC(F)(F)c1cc(Br)cn2cc(C3CC(OCc4ccccc4)C3)nc12. The summed E-state index contributed by atoms with van der Waals surface area (Å²) in [6.07, 6.45) is 0.530. The lowest BCUT2D eigenvalue weighted by Gasteiger charge is -2.34. The number of alkyl halides is 3. The molecule has 0 N–H and O–H groups in total. The molecule has 2 heterocycles. The summed E-state index contributed by atoms with van der Waals surface area (Å²) < 4.78 is 47.4. The zero-order chi connectivity index (χ0) is 18.3. The number of ether oxygens (including phenoxy) is 1. The third-order valence-electron chi connectivity index (χ3n) is 4.68. The third-order valence-corrected chi connectivity index (χ3v) is 5.12. The first-order valence-electron chi connectivity index (χ1n) is 8.31. The van der Waals surface area contributed by atoms with Gasteiger partial charge < -0.3 is 9.14 Å². The average Bonchev–Trinajstić information content (AvgIpc) is 2.95. The second kappa shape index (κ2) is 6.70. The largest absolute Gasteiger partial charge is 0.420 e. The molecule has 0 bridgehead atoms. The minimum atomic E-state index is -4.44. The molecule has 2 aromatic heterocycles. The third kappa shape index (κ3) is 3.50. The number of aromatic nitrogens is 2. The molecular formula is C19H16BrF3N2O. The normalized spacial score (nSPS) is 20.3. The Morgan fingerprint density at radius 3 is 2.58 bits per heavy atom. The van der Waals surface area contributed by atoms with Crippen molar-refractivity contribution in [2.75, 3.05) is 0 Å². The Balaban J connectivity index is 1.46. The van der Waals surface area contributed by atoms with Gasteiger partial charge in [-0.3, -0.25) is 0 Å². The van der Waals surface area contributed by atoms with Crippen molar-refractivity contribution >= 4 is 21.6 Å². The van der Waals surface area contributed by atoms with Crippen molar-refractivity contribution in [1.82, 2.24) is 9.38 Å². The molecular weight excluding hydrogens is 409 g/mol. The van der Waals surface area contributed by atoms with E-state index in [2.05, 4.69) is 20.9 Å². The monoisotopic (exact) mass is 424 g/mol. The highest BCUT2D eigenvalue weighted by molar-refractivity contribution is 9.10. The lowest BCUT2D eigenvalue weighted by molar-refractivity contribution is -0.136. The molecule has 0 aliphatic heterocycles. The second-order valence-electron chi connectivity index (χ2n) is 6.55. The molecule has 4 rings (SSSR count). The maximum absolute atomic E-state index is 13.2. The van der Waals surface area contributed by atoms with Crippen molar-refractivity contribution in [3.8, 4) is 0 Å². The molecule has 1 aliphatic rings. The van der Waals surface area contributed by atoms with Crippen LogP contribution in [0, 0.1) is 0 Å². The molecule has 0 saturated heterocycles. The van der Waals surface area contributed by atoms with E-state index in [4.69, 9.17) is 4.74 Å². The molecule has 26 heavy (non-hydrogen) atoms. The van der Waals surface area contributed by atoms with E-state index in [9.17, 15) is 13.2 Å². The quantitative estimate of drug-likeness (QED) is 0.546. The summed E-state index contributed by atoms with van der Waals surface area (Å²) in [6, 6.07) is 11.0. The summed E-state index contributed by atoms with van der Waals surface area (Å²) in [4.78, 5) is 4.26. The van der Waals surface area contributed by atoms with Gasteiger partial charge in [-0.1, -0.05) is 30.3 Å². The Hall–Kier alpha value is -1.86. The van der Waals surface area contributed by atoms with Crippen LogP contribution in [-0.2, 0) is 17.5 Å². The van der Waals surface area contributed by atoms with Crippen molar-refractivity contribution in [3.05, 3.63) is 70.1 Å². The molecule has 1 aliphatic carbocycles. The Kier molecular flexibility index (Phi) is 4.52. The minimum Gasteiger partial charge on any atom is -0.373 e. The van der Waals surface area contributed by atoms with Crippen LogP contribution in [0.4, 0.5) is 13.2 Å². The molecule has 7 heteroatoms. The summed E-state index contributed by atoms with van der Waals surface area (Å²) in [5.74, 6) is 0.135. The molecule has 0 amide bonds. The van der Waals surface area contributed by atoms with Gasteiger partial charge in [0.15, 0.2) is 0 Å². The van der Waals surface area contributed by atoms with Gasteiger partial charge in [-0.25, -0.2) is 4.98 Å². The molecule has 0 radical (unpaired) electrons. The van der Waals surface area contributed by atoms with Gasteiger partial charge in [0.05, 0.1) is 24.0 Å². The highest BCUT2D eigenvalue weighted by Gasteiger charge is 2.37. The first-order valence-corrected chi connectivity index (χ1v) is 9.10. The van der Waals surface area contributed by atoms with Gasteiger partial charge in [-0.05, 0) is 40.4 Å². The van der Waals surface area contributed by atoms with E-state index < -0.39 is 11.7 Å². The van der Waals surface area contributed by atoms with Crippen LogP contribution in [0.2, 0.25) is 0 Å². The van der Waals surface area contributed by atoms with Gasteiger partial charge in [-0.15, -0.1) is 0 Å². The fourth-order valence-electron chi connectivity index (χ4n) is 3.22.